The third kappa shape index (κ3) is 8.86. The van der Waals surface area contributed by atoms with Crippen molar-refractivity contribution in [1.82, 2.24) is 0 Å². The third-order valence-electron chi connectivity index (χ3n) is 1.31. The largest absolute Gasteiger partial charge is 0.828 e. The highest BCUT2D eigenvalue weighted by molar-refractivity contribution is 8.38. The van der Waals surface area contributed by atoms with E-state index in [1.165, 1.54) is 23.1 Å². The van der Waals surface area contributed by atoms with Crippen LogP contribution < -0.4 is 10.0 Å². The van der Waals surface area contributed by atoms with Gasteiger partial charge in [-0.3, -0.25) is 0 Å². The molecule has 1 aliphatic heterocycles. The molecule has 3 nitrogen and oxygen atoms in total. The second-order valence-electron chi connectivity index (χ2n) is 2.35. The molecule has 0 aliphatic carbocycles. The highest BCUT2D eigenvalue weighted by Crippen LogP contribution is 2.11. The maximum Gasteiger partial charge on any atom is 0.398 e. The summed E-state index contributed by atoms with van der Waals surface area (Å²) in [7, 11) is -2.35. The molecule has 1 aliphatic rings. The van der Waals surface area contributed by atoms with E-state index in [1.54, 1.807) is 6.92 Å². The van der Waals surface area contributed by atoms with Crippen molar-refractivity contribution in [3.05, 3.63) is 0 Å². The molecule has 0 saturated carbocycles. The Morgan fingerprint density at radius 3 is 2.71 bits per heavy atom. The van der Waals surface area contributed by atoms with Gasteiger partial charge in [0.2, 0.25) is 0 Å². The van der Waals surface area contributed by atoms with Crippen LogP contribution in [0.4, 0.5) is 4.32 Å². The van der Waals surface area contributed by atoms with Gasteiger partial charge in [0, 0.05) is 18.8 Å². The lowest BCUT2D eigenvalue weighted by Crippen LogP contribution is -2.73. The molecule has 7 heteroatoms. The van der Waals surface area contributed by atoms with Crippen molar-refractivity contribution in [3.8, 4) is 0 Å². The Kier molecular flexibility index (Phi) is 10.0. The highest BCUT2D eigenvalue weighted by Gasteiger charge is 2.08. The molecule has 0 fully saturated rings. The van der Waals surface area contributed by atoms with Gasteiger partial charge >= 0.3 is 7.40 Å². The van der Waals surface area contributed by atoms with Crippen LogP contribution in [0.1, 0.15) is 13.3 Å². The van der Waals surface area contributed by atoms with Crippen molar-refractivity contribution in [2.45, 2.75) is 13.3 Å². The minimum Gasteiger partial charge on any atom is -0.828 e. The first kappa shape index (κ1) is 14.3. The fourth-order valence-corrected chi connectivity index (χ4v) is 2.39. The van der Waals surface area contributed by atoms with E-state index in [0.29, 0.717) is 0 Å². The maximum absolute atomic E-state index is 10.9. The lowest BCUT2D eigenvalue weighted by Gasteiger charge is -2.04. The van der Waals surface area contributed by atoms with Gasteiger partial charge in [0.25, 0.3) is 4.38 Å². The summed E-state index contributed by atoms with van der Waals surface area (Å²) < 4.78 is 16.1. The van der Waals surface area contributed by atoms with Crippen LogP contribution in [0.5, 0.6) is 0 Å². The van der Waals surface area contributed by atoms with E-state index in [2.05, 4.69) is 15.9 Å². The maximum atomic E-state index is 10.9. The molecule has 1 N–H and O–H groups in total. The molecule has 0 aromatic heterocycles. The normalized spacial score (nSPS) is 15.3. The zero-order chi connectivity index (χ0) is 10.8. The number of halogens is 1. The molecule has 14 heavy (non-hydrogen) atoms. The summed E-state index contributed by atoms with van der Waals surface area (Å²) in [6, 6.07) is 0. The van der Waals surface area contributed by atoms with Crippen molar-refractivity contribution < 1.29 is 19.0 Å². The SMILES string of the molecule is CCOB([O-])F.CSC1=[NH+]CCCS1. The monoisotopic (exact) mass is 239 g/mol. The van der Waals surface area contributed by atoms with E-state index in [-0.39, 0.29) is 6.61 Å². The van der Waals surface area contributed by atoms with Crippen molar-refractivity contribution in [1.29, 1.82) is 0 Å². The van der Waals surface area contributed by atoms with Gasteiger partial charge in [-0.15, -0.1) is 0 Å². The Morgan fingerprint density at radius 2 is 2.50 bits per heavy atom. The molecule has 0 spiro atoms. The molecule has 0 bridgehead atoms. The van der Waals surface area contributed by atoms with E-state index >= 15 is 0 Å². The first-order valence-electron chi connectivity index (χ1n) is 4.39. The Balaban J connectivity index is 0.000000255. The van der Waals surface area contributed by atoms with E-state index in [1.807, 2.05) is 23.5 Å². The molecular formula is C7H15BFNO2S2. The minimum absolute atomic E-state index is 0.144. The van der Waals surface area contributed by atoms with E-state index in [0.717, 1.165) is 0 Å². The lowest BCUT2D eigenvalue weighted by molar-refractivity contribution is -0.451. The predicted molar refractivity (Wildman–Crippen MR) is 59.9 cm³/mol. The van der Waals surface area contributed by atoms with Gasteiger partial charge in [-0.05, 0) is 24.9 Å². The van der Waals surface area contributed by atoms with Crippen LogP contribution in [0, 0.1) is 0 Å². The molecule has 0 unspecified atom stereocenters. The number of hydrogen-bond acceptors (Lipinski definition) is 4. The molecular weight excluding hydrogens is 224 g/mol. The lowest BCUT2D eigenvalue weighted by atomic mass is 10.3. The zero-order valence-electron chi connectivity index (χ0n) is 8.42. The van der Waals surface area contributed by atoms with Gasteiger partial charge < -0.3 is 14.0 Å². The first-order chi connectivity index (χ1) is 6.70. The third-order valence-corrected chi connectivity index (χ3v) is 3.57. The summed E-state index contributed by atoms with van der Waals surface area (Å²) in [4.78, 5) is 3.31. The summed E-state index contributed by atoms with van der Waals surface area (Å²) in [5.41, 5.74) is 0. The van der Waals surface area contributed by atoms with Gasteiger partial charge in [-0.1, -0.05) is 11.8 Å². The van der Waals surface area contributed by atoms with Crippen LogP contribution in [0.15, 0.2) is 0 Å². The molecule has 0 saturated heterocycles. The van der Waals surface area contributed by atoms with Crippen LogP contribution in [-0.2, 0) is 4.65 Å². The van der Waals surface area contributed by atoms with Crippen LogP contribution in [0.25, 0.3) is 0 Å². The van der Waals surface area contributed by atoms with Crippen LogP contribution >= 0.6 is 23.5 Å². The summed E-state index contributed by atoms with van der Waals surface area (Å²) in [5.74, 6) is 1.29. The molecule has 82 valence electrons. The van der Waals surface area contributed by atoms with Crippen molar-refractivity contribution in [3.63, 3.8) is 0 Å². The van der Waals surface area contributed by atoms with Crippen LogP contribution in [0.2, 0.25) is 0 Å². The fraction of sp³-hybridized carbons (Fsp3) is 0.857. The molecule has 0 aromatic rings. The Bertz CT molecular complexity index is 172. The summed E-state index contributed by atoms with van der Waals surface area (Å²) >= 11 is 3.75. The molecule has 1 rings (SSSR count). The average Bonchev–Trinajstić information content (AvgIpc) is 2.20. The molecule has 0 aromatic carbocycles. The molecule has 0 amide bonds. The first-order valence-corrected chi connectivity index (χ1v) is 6.60. The van der Waals surface area contributed by atoms with Crippen molar-refractivity contribution in [2.24, 2.45) is 0 Å². The van der Waals surface area contributed by atoms with Gasteiger partial charge in [-0.25, -0.2) is 4.99 Å². The van der Waals surface area contributed by atoms with Gasteiger partial charge in [0.05, 0.1) is 0 Å². The Morgan fingerprint density at radius 1 is 1.79 bits per heavy atom. The zero-order valence-corrected chi connectivity index (χ0v) is 10.0. The van der Waals surface area contributed by atoms with Gasteiger partial charge in [0.1, 0.15) is 6.54 Å². The van der Waals surface area contributed by atoms with E-state index in [4.69, 9.17) is 0 Å². The smallest absolute Gasteiger partial charge is 0.398 e. The fourth-order valence-electron chi connectivity index (χ4n) is 0.741. The number of thioether (sulfide) groups is 2. The predicted octanol–water partition coefficient (Wildman–Crippen LogP) is -0.739. The summed E-state index contributed by atoms with van der Waals surface area (Å²) in [6.45, 7) is 2.87. The summed E-state index contributed by atoms with van der Waals surface area (Å²) in [6.07, 6.45) is 3.43. The minimum atomic E-state index is -2.35. The van der Waals surface area contributed by atoms with Crippen molar-refractivity contribution in [2.75, 3.05) is 25.2 Å². The van der Waals surface area contributed by atoms with E-state index < -0.39 is 7.40 Å². The quantitative estimate of drug-likeness (QED) is 0.645. The number of nitrogens with one attached hydrogen (secondary N) is 1. The summed E-state index contributed by atoms with van der Waals surface area (Å²) in [5, 5.41) is 9.24. The Hall–Kier alpha value is 0.285. The Labute approximate surface area is 93.1 Å². The van der Waals surface area contributed by atoms with Gasteiger partial charge in [-0.2, -0.15) is 0 Å². The molecule has 0 radical (unpaired) electrons. The average molecular weight is 239 g/mol. The van der Waals surface area contributed by atoms with E-state index in [9.17, 15) is 9.34 Å². The number of hydrogen-bond donors (Lipinski definition) is 1. The topological polar surface area (TPSA) is 46.3 Å². The highest BCUT2D eigenvalue weighted by atomic mass is 32.2. The number of rotatable bonds is 2. The van der Waals surface area contributed by atoms with Crippen LogP contribution in [0.3, 0.4) is 0 Å². The second kappa shape index (κ2) is 9.83. The van der Waals surface area contributed by atoms with Crippen LogP contribution in [-0.4, -0.2) is 36.9 Å². The molecule has 0 atom stereocenters. The molecule has 1 heterocycles. The standard InChI is InChI=1S/C5H9NS2.C2H5BFO2/c1-7-5-6-3-2-4-8-5;1-2-6-3(4)5/h2-4H2,1H3;2H2,1H3/q;-1/p+1. The van der Waals surface area contributed by atoms with Crippen molar-refractivity contribution >= 4 is 35.3 Å². The second-order valence-corrected chi connectivity index (χ2v) is 4.53. The van der Waals surface area contributed by atoms with Gasteiger partial charge in [0.15, 0.2) is 0 Å².